The number of aromatic hydroxyl groups is 1. The third-order valence-corrected chi connectivity index (χ3v) is 17.9. The van der Waals surface area contributed by atoms with Crippen LogP contribution in [-0.2, 0) is 52.5 Å². The number of unbranched alkanes of at least 4 members (excludes halogenated alkanes) is 3. The van der Waals surface area contributed by atoms with Crippen LogP contribution in [0.5, 0.6) is 17.2 Å². The van der Waals surface area contributed by atoms with Crippen molar-refractivity contribution < 1.29 is 137 Å². The van der Waals surface area contributed by atoms with Crippen LogP contribution in [0.2, 0.25) is 0 Å². The number of methoxy groups -OCH3 is 1. The zero-order chi connectivity index (χ0) is 66.2. The van der Waals surface area contributed by atoms with Crippen LogP contribution in [0.15, 0.2) is 42.5 Å². The first kappa shape index (κ1) is 75.1. The van der Waals surface area contributed by atoms with E-state index in [-0.39, 0.29) is 53.4 Å². The van der Waals surface area contributed by atoms with Gasteiger partial charge in [0.1, 0.15) is 64.2 Å². The van der Waals surface area contributed by atoms with Gasteiger partial charge < -0.3 is 102 Å². The number of carbonyl (C=O) groups excluding carboxylic acids is 8. The number of primary amides is 1. The molecular weight excluding hydrogens is 1260 g/mol. The van der Waals surface area contributed by atoms with Gasteiger partial charge in [-0.1, -0.05) is 30.7 Å². The van der Waals surface area contributed by atoms with Crippen LogP contribution in [0.1, 0.15) is 107 Å². The van der Waals surface area contributed by atoms with Crippen molar-refractivity contribution in [2.45, 2.75) is 169 Å². The van der Waals surface area contributed by atoms with Gasteiger partial charge in [0, 0.05) is 69.5 Å². The first-order valence-electron chi connectivity index (χ1n) is 29.7. The molecule has 14 unspecified atom stereocenters. The average Bonchev–Trinajstić information content (AvgIpc) is 1.60. The molecule has 14 atom stereocenters. The number of nitrogens with two attached hydrogens (primary N) is 1. The summed E-state index contributed by atoms with van der Waals surface area (Å²) >= 11 is 1.34. The molecular formula is C57H79N10NaO22S2. The van der Waals surface area contributed by atoms with E-state index in [0.717, 1.165) is 83.5 Å². The molecule has 35 heteroatoms. The second kappa shape index (κ2) is 35.5. The Morgan fingerprint density at radius 2 is 1.48 bits per heavy atom. The molecule has 4 aliphatic rings. The van der Waals surface area contributed by atoms with E-state index >= 15 is 0 Å². The van der Waals surface area contributed by atoms with Crippen LogP contribution in [0.3, 0.4) is 0 Å². The van der Waals surface area contributed by atoms with Crippen LogP contribution < -0.4 is 76.1 Å². The fourth-order valence-electron chi connectivity index (χ4n) is 11.4. The predicted molar refractivity (Wildman–Crippen MR) is 315 cm³/mol. The van der Waals surface area contributed by atoms with E-state index in [9.17, 15) is 84.5 Å². The van der Waals surface area contributed by atoms with Crippen molar-refractivity contribution in [3.8, 4) is 27.8 Å². The molecule has 1 saturated carbocycles. The zero-order valence-corrected chi connectivity index (χ0v) is 54.7. The van der Waals surface area contributed by atoms with Crippen molar-refractivity contribution in [1.82, 2.24) is 46.6 Å². The second-order valence-electron chi connectivity index (χ2n) is 23.2. The van der Waals surface area contributed by atoms with Gasteiger partial charge in [-0.05, 0) is 93.8 Å². The number of phenols is 1. The number of β-amino-alcohol motifs (C(OH)–C–C–N with tert-alkyl or cyclic N) is 1. The fourth-order valence-corrected chi connectivity index (χ4v) is 12.7. The van der Waals surface area contributed by atoms with Crippen molar-refractivity contribution >= 4 is 70.9 Å². The number of benzene rings is 2. The van der Waals surface area contributed by atoms with E-state index in [1.165, 1.54) is 18.3 Å². The number of amides is 8. The summed E-state index contributed by atoms with van der Waals surface area (Å²) in [6, 6.07) is -1.67. The molecule has 4 fully saturated rings. The predicted octanol–water partition coefficient (Wildman–Crippen LogP) is -6.36. The number of ether oxygens (including phenoxy) is 2. The number of hydrogen-bond donors (Lipinski definition) is 14. The Morgan fingerprint density at radius 1 is 0.815 bits per heavy atom. The van der Waals surface area contributed by atoms with E-state index in [1.54, 1.807) is 7.11 Å². The first-order valence-corrected chi connectivity index (χ1v) is 31.2. The van der Waals surface area contributed by atoms with Gasteiger partial charge in [-0.3, -0.25) is 43.4 Å². The number of nitrogens with zero attached hydrogens (tertiary/aromatic N) is 4. The van der Waals surface area contributed by atoms with Gasteiger partial charge in [0.2, 0.25) is 47.3 Å². The van der Waals surface area contributed by atoms with Crippen LogP contribution in [0, 0.1) is 11.8 Å². The number of hydrogen-bond acceptors (Lipinski definition) is 26. The Bertz CT molecular complexity index is 2990. The third kappa shape index (κ3) is 19.8. The minimum absolute atomic E-state index is 0. The van der Waals surface area contributed by atoms with Crippen LogP contribution in [0.25, 0.3) is 10.6 Å². The number of rotatable bonds is 23. The van der Waals surface area contributed by atoms with Gasteiger partial charge in [-0.2, -0.15) is 0 Å². The van der Waals surface area contributed by atoms with Gasteiger partial charge in [0.05, 0.1) is 43.5 Å². The SMILES string of the molecule is COCCCCCCOc1ccc(-c2nnc(C3CCC(C(=O)NC4CC(O)CNC(=O)C5C(O)C(C)CN5C(=O)C(C(O)CC(N)=O)NC(=O)C(C(O)C(O)c5ccc(O)c(OSOO[O-])c5)NC(=O)C5CC(O)CN5C(=O)C(C(C)O)NC4=O)CC3)s2)cc1.[Na+]. The molecule has 1 aliphatic carbocycles. The topological polar surface area (TPSA) is 486 Å². The van der Waals surface area contributed by atoms with E-state index in [2.05, 4.69) is 46.2 Å². The van der Waals surface area contributed by atoms with E-state index in [1.807, 2.05) is 24.3 Å². The van der Waals surface area contributed by atoms with Crippen molar-refractivity contribution in [2.75, 3.05) is 40.0 Å². The van der Waals surface area contributed by atoms with Crippen molar-refractivity contribution in [2.24, 2.45) is 17.6 Å². The number of carbonyl (C=O) groups is 8. The maximum Gasteiger partial charge on any atom is 1.00 e. The number of aliphatic hydroxyl groups is 7. The van der Waals surface area contributed by atoms with Gasteiger partial charge in [0.25, 0.3) is 12.3 Å². The Morgan fingerprint density at radius 3 is 2.14 bits per heavy atom. The number of phenolic OH excluding ortho intramolecular Hbond substituents is 1. The molecule has 0 bridgehead atoms. The summed E-state index contributed by atoms with van der Waals surface area (Å²) in [7, 11) is 1.68. The van der Waals surface area contributed by atoms with E-state index < -0.39 is 188 Å². The maximum atomic E-state index is 14.7. The second-order valence-corrected chi connectivity index (χ2v) is 24.6. The monoisotopic (exact) mass is 1340 g/mol. The van der Waals surface area contributed by atoms with Crippen LogP contribution in [0.4, 0.5) is 0 Å². The largest absolute Gasteiger partial charge is 1.00 e. The van der Waals surface area contributed by atoms with Gasteiger partial charge >= 0.3 is 29.6 Å². The Hall–Kier alpha value is -5.93. The minimum atomic E-state index is -2.53. The van der Waals surface area contributed by atoms with Crippen molar-refractivity contribution in [3.63, 3.8) is 0 Å². The summed E-state index contributed by atoms with van der Waals surface area (Å²) in [6.07, 6.45) is -10.3. The Labute approximate surface area is 559 Å². The Balaban J connectivity index is 0.0000134. The normalized spacial score (nSPS) is 27.5. The number of aliphatic hydroxyl groups excluding tert-OH is 7. The van der Waals surface area contributed by atoms with E-state index in [4.69, 9.17) is 19.4 Å². The first-order chi connectivity index (χ1) is 43.4. The van der Waals surface area contributed by atoms with Crippen LogP contribution in [-0.4, -0.2) is 221 Å². The molecule has 8 amide bonds. The van der Waals surface area contributed by atoms with Gasteiger partial charge in [0.15, 0.2) is 11.5 Å². The molecule has 3 aliphatic heterocycles. The summed E-state index contributed by atoms with van der Waals surface area (Å²) in [5.74, 6) is -11.6. The van der Waals surface area contributed by atoms with Gasteiger partial charge in [-0.25, -0.2) is 0 Å². The standard InChI is InChI=1S/C57H80N10O22S2.Na/c1-27-25-67-45(46(27)74)53(81)59-24-33(69)21-36(60-49(77)29-8-10-30(11-9-29)54-64-65-55(90-54)31-12-15-35(16-13-31)86-19-7-5-4-6-18-85-3)50(78)61-42(28(2)68)56(82)66-26-34(70)22-37(66)51(79)63-44(52(80)62-43(57(67)83)39(72)23-41(58)73)48(76)47(75)32-14-17-38(71)40(20-32)87-91-89-88-84;/h12-17,20,27-30,33-34,36-37,39,42-48,68-72,74-76,84H,4-11,18-19,21-26H2,1-3H3,(H2,58,73)(H,59,81)(H,60,77)(H,61,78)(H,62,80)(H,63,79);/q;+1/p-1. The van der Waals surface area contributed by atoms with Gasteiger partial charge in [-0.15, -0.1) is 14.5 Å². The molecule has 15 N–H and O–H groups in total. The average molecular weight is 1340 g/mol. The third-order valence-electron chi connectivity index (χ3n) is 16.5. The summed E-state index contributed by atoms with van der Waals surface area (Å²) in [5, 5.41) is 126. The molecule has 3 aromatic rings. The molecule has 1 aromatic heterocycles. The molecule has 502 valence electrons. The molecule has 7 rings (SSSR count). The number of nitrogens with one attached hydrogen (secondary N) is 5. The fraction of sp³-hybridized carbons (Fsp3) is 0.614. The van der Waals surface area contributed by atoms with E-state index in [0.29, 0.717) is 37.3 Å². The molecule has 32 nitrogen and oxygen atoms in total. The quantitative estimate of drug-likeness (QED) is 0.0138. The summed E-state index contributed by atoms with van der Waals surface area (Å²) in [5.41, 5.74) is 5.88. The molecule has 3 saturated heterocycles. The summed E-state index contributed by atoms with van der Waals surface area (Å²) in [6.45, 7) is 2.09. The smallest absolute Gasteiger partial charge is 0.691 e. The number of aromatic nitrogens is 2. The Kier molecular flexibility index (Phi) is 29.0. The molecule has 2 aromatic carbocycles. The molecule has 4 heterocycles. The molecule has 0 spiro atoms. The van der Waals surface area contributed by atoms with Crippen LogP contribution >= 0.6 is 23.7 Å². The molecule has 92 heavy (non-hydrogen) atoms. The molecule has 0 radical (unpaired) electrons. The number of fused-ring (bicyclic) bond motifs is 2. The maximum absolute atomic E-state index is 14.7. The summed E-state index contributed by atoms with van der Waals surface area (Å²) < 4.78 is 20.1. The zero-order valence-electron chi connectivity index (χ0n) is 51.1. The minimum Gasteiger partial charge on any atom is -0.691 e. The summed E-state index contributed by atoms with van der Waals surface area (Å²) in [4.78, 5) is 115. The van der Waals surface area contributed by atoms with Crippen molar-refractivity contribution in [3.05, 3.63) is 53.0 Å². The van der Waals surface area contributed by atoms with Crippen molar-refractivity contribution in [1.29, 1.82) is 0 Å².